The fourth-order valence-corrected chi connectivity index (χ4v) is 2.97. The Morgan fingerprint density at radius 1 is 1.50 bits per heavy atom. The normalized spacial score (nSPS) is 25.1. The first kappa shape index (κ1) is 15.7. The number of rotatable bonds is 6. The summed E-state index contributed by atoms with van der Waals surface area (Å²) in [7, 11) is 0. The summed E-state index contributed by atoms with van der Waals surface area (Å²) in [6.45, 7) is 7.09. The van der Waals surface area contributed by atoms with Gasteiger partial charge in [-0.05, 0) is 26.3 Å². The van der Waals surface area contributed by atoms with Crippen molar-refractivity contribution in [3.8, 4) is 0 Å². The fraction of sp³-hybridized carbons (Fsp3) is 0.929. The summed E-state index contributed by atoms with van der Waals surface area (Å²) < 4.78 is 5.29. The Hall–Kier alpha value is -0.690. The van der Waals surface area contributed by atoms with Gasteiger partial charge in [-0.1, -0.05) is 0 Å². The SMILES string of the molecule is CC(C(=O)N1CCOCC1)N(CCO)CC1CCCN1. The van der Waals surface area contributed by atoms with Crippen LogP contribution in [0.15, 0.2) is 0 Å². The second-order valence-corrected chi connectivity index (χ2v) is 5.63. The molecule has 6 nitrogen and oxygen atoms in total. The van der Waals surface area contributed by atoms with Crippen molar-refractivity contribution in [2.75, 3.05) is 52.5 Å². The number of morpholine rings is 1. The standard InChI is InChI=1S/C14H27N3O3/c1-12(14(19)16-6-9-20-10-7-16)17(5-8-18)11-13-3-2-4-15-13/h12-13,15,18H,2-11H2,1H3. The third kappa shape index (κ3) is 4.15. The van der Waals surface area contributed by atoms with Crippen LogP contribution in [0.4, 0.5) is 0 Å². The number of aliphatic hydroxyl groups is 1. The van der Waals surface area contributed by atoms with E-state index in [1.807, 2.05) is 11.8 Å². The highest BCUT2D eigenvalue weighted by Gasteiger charge is 2.29. The van der Waals surface area contributed by atoms with Crippen LogP contribution >= 0.6 is 0 Å². The zero-order valence-corrected chi connectivity index (χ0v) is 12.4. The molecule has 2 heterocycles. The largest absolute Gasteiger partial charge is 0.395 e. The summed E-state index contributed by atoms with van der Waals surface area (Å²) in [5, 5.41) is 12.7. The molecule has 6 heteroatoms. The van der Waals surface area contributed by atoms with Gasteiger partial charge in [-0.3, -0.25) is 9.69 Å². The molecule has 0 aromatic carbocycles. The van der Waals surface area contributed by atoms with Crippen LogP contribution in [0.5, 0.6) is 0 Å². The molecule has 2 unspecified atom stereocenters. The number of ether oxygens (including phenoxy) is 1. The van der Waals surface area contributed by atoms with E-state index in [1.165, 1.54) is 6.42 Å². The average molecular weight is 285 g/mol. The van der Waals surface area contributed by atoms with Crippen molar-refractivity contribution >= 4 is 5.91 Å². The highest BCUT2D eigenvalue weighted by atomic mass is 16.5. The van der Waals surface area contributed by atoms with E-state index < -0.39 is 0 Å². The summed E-state index contributed by atoms with van der Waals surface area (Å²) in [5.41, 5.74) is 0. The van der Waals surface area contributed by atoms with E-state index in [9.17, 15) is 9.90 Å². The molecule has 0 aliphatic carbocycles. The molecule has 2 N–H and O–H groups in total. The molecule has 0 saturated carbocycles. The molecule has 116 valence electrons. The highest BCUT2D eigenvalue weighted by Crippen LogP contribution is 2.11. The molecule has 2 fully saturated rings. The van der Waals surface area contributed by atoms with Gasteiger partial charge in [0, 0.05) is 32.2 Å². The molecule has 0 spiro atoms. The predicted octanol–water partition coefficient (Wildman–Crippen LogP) is -0.720. The maximum absolute atomic E-state index is 12.5. The van der Waals surface area contributed by atoms with Crippen molar-refractivity contribution in [2.24, 2.45) is 0 Å². The zero-order valence-electron chi connectivity index (χ0n) is 12.4. The van der Waals surface area contributed by atoms with E-state index in [0.717, 1.165) is 19.5 Å². The predicted molar refractivity (Wildman–Crippen MR) is 76.5 cm³/mol. The molecule has 2 rings (SSSR count). The van der Waals surface area contributed by atoms with Gasteiger partial charge in [0.15, 0.2) is 0 Å². The van der Waals surface area contributed by atoms with E-state index >= 15 is 0 Å². The van der Waals surface area contributed by atoms with Crippen LogP contribution in [0.3, 0.4) is 0 Å². The molecule has 1 amide bonds. The third-order valence-corrected chi connectivity index (χ3v) is 4.23. The van der Waals surface area contributed by atoms with Crippen LogP contribution < -0.4 is 5.32 Å². The average Bonchev–Trinajstić information content (AvgIpc) is 2.99. The smallest absolute Gasteiger partial charge is 0.239 e. The second kappa shape index (κ2) is 7.93. The number of hydrogen-bond acceptors (Lipinski definition) is 5. The lowest BCUT2D eigenvalue weighted by Crippen LogP contribution is -2.53. The Labute approximate surface area is 121 Å². The van der Waals surface area contributed by atoms with Gasteiger partial charge in [0.25, 0.3) is 0 Å². The first-order chi connectivity index (χ1) is 9.72. The van der Waals surface area contributed by atoms with Crippen LogP contribution in [-0.4, -0.2) is 85.4 Å². The zero-order chi connectivity index (χ0) is 14.4. The first-order valence-electron chi connectivity index (χ1n) is 7.67. The summed E-state index contributed by atoms with van der Waals surface area (Å²) in [6, 6.07) is 0.268. The number of carbonyl (C=O) groups excluding carboxylic acids is 1. The summed E-state index contributed by atoms with van der Waals surface area (Å²) in [4.78, 5) is 16.5. The quantitative estimate of drug-likeness (QED) is 0.674. The highest BCUT2D eigenvalue weighted by molar-refractivity contribution is 5.81. The number of nitrogens with zero attached hydrogens (tertiary/aromatic N) is 2. The van der Waals surface area contributed by atoms with Crippen molar-refractivity contribution in [2.45, 2.75) is 31.8 Å². The maximum atomic E-state index is 12.5. The molecular weight excluding hydrogens is 258 g/mol. The van der Waals surface area contributed by atoms with Gasteiger partial charge >= 0.3 is 0 Å². The van der Waals surface area contributed by atoms with E-state index in [0.29, 0.717) is 38.9 Å². The van der Waals surface area contributed by atoms with Crippen LogP contribution in [0.1, 0.15) is 19.8 Å². The maximum Gasteiger partial charge on any atom is 0.239 e. The molecular formula is C14H27N3O3. The van der Waals surface area contributed by atoms with Gasteiger partial charge in [-0.15, -0.1) is 0 Å². The molecule has 0 aromatic rings. The van der Waals surface area contributed by atoms with Crippen molar-refractivity contribution < 1.29 is 14.6 Å². The van der Waals surface area contributed by atoms with E-state index in [-0.39, 0.29) is 18.6 Å². The molecule has 2 aliphatic rings. The Balaban J connectivity index is 1.90. The minimum atomic E-state index is -0.178. The summed E-state index contributed by atoms with van der Waals surface area (Å²) in [5.74, 6) is 0.153. The van der Waals surface area contributed by atoms with Gasteiger partial charge in [0.1, 0.15) is 0 Å². The number of nitrogens with one attached hydrogen (secondary N) is 1. The van der Waals surface area contributed by atoms with Gasteiger partial charge < -0.3 is 20.1 Å². The number of aliphatic hydroxyl groups excluding tert-OH is 1. The van der Waals surface area contributed by atoms with Crippen LogP contribution in [0.2, 0.25) is 0 Å². The number of amides is 1. The summed E-state index contributed by atoms with van der Waals surface area (Å²) in [6.07, 6.45) is 2.35. The van der Waals surface area contributed by atoms with E-state index in [2.05, 4.69) is 10.2 Å². The minimum absolute atomic E-state index is 0.0907. The fourth-order valence-electron chi connectivity index (χ4n) is 2.97. The van der Waals surface area contributed by atoms with Crippen LogP contribution in [-0.2, 0) is 9.53 Å². The molecule has 20 heavy (non-hydrogen) atoms. The van der Waals surface area contributed by atoms with Crippen molar-refractivity contribution in [3.05, 3.63) is 0 Å². The van der Waals surface area contributed by atoms with E-state index in [1.54, 1.807) is 0 Å². The topological polar surface area (TPSA) is 65.0 Å². The lowest BCUT2D eigenvalue weighted by molar-refractivity contribution is -0.140. The van der Waals surface area contributed by atoms with Gasteiger partial charge in [0.2, 0.25) is 5.91 Å². The van der Waals surface area contributed by atoms with Gasteiger partial charge in [0.05, 0.1) is 25.9 Å². The third-order valence-electron chi connectivity index (χ3n) is 4.23. The number of carbonyl (C=O) groups is 1. The first-order valence-corrected chi connectivity index (χ1v) is 7.67. The summed E-state index contributed by atoms with van der Waals surface area (Å²) >= 11 is 0. The van der Waals surface area contributed by atoms with Gasteiger partial charge in [-0.25, -0.2) is 0 Å². The number of hydrogen-bond donors (Lipinski definition) is 2. The van der Waals surface area contributed by atoms with Gasteiger partial charge in [-0.2, -0.15) is 0 Å². The molecule has 0 bridgehead atoms. The molecule has 0 aromatic heterocycles. The lowest BCUT2D eigenvalue weighted by atomic mass is 10.1. The Morgan fingerprint density at radius 3 is 2.85 bits per heavy atom. The van der Waals surface area contributed by atoms with Crippen molar-refractivity contribution in [1.29, 1.82) is 0 Å². The van der Waals surface area contributed by atoms with Crippen molar-refractivity contribution in [1.82, 2.24) is 15.1 Å². The van der Waals surface area contributed by atoms with Crippen molar-refractivity contribution in [3.63, 3.8) is 0 Å². The molecule has 0 radical (unpaired) electrons. The van der Waals surface area contributed by atoms with E-state index in [4.69, 9.17) is 4.74 Å². The monoisotopic (exact) mass is 285 g/mol. The van der Waals surface area contributed by atoms with Crippen LogP contribution in [0, 0.1) is 0 Å². The molecule has 2 atom stereocenters. The van der Waals surface area contributed by atoms with Crippen LogP contribution in [0.25, 0.3) is 0 Å². The molecule has 2 saturated heterocycles. The second-order valence-electron chi connectivity index (χ2n) is 5.63. The molecule has 2 aliphatic heterocycles. The Kier molecular flexibility index (Phi) is 6.22. The lowest BCUT2D eigenvalue weighted by Gasteiger charge is -2.35. The minimum Gasteiger partial charge on any atom is -0.395 e. The Bertz CT molecular complexity index is 302. The Morgan fingerprint density at radius 2 is 2.25 bits per heavy atom.